The Labute approximate surface area is 118 Å². The zero-order valence-corrected chi connectivity index (χ0v) is 12.4. The number of hydrogen-bond donors (Lipinski definition) is 2. The molecular formula is C14H20N2O4. The van der Waals surface area contributed by atoms with Crippen molar-refractivity contribution in [1.82, 2.24) is 5.43 Å². The van der Waals surface area contributed by atoms with Crippen molar-refractivity contribution < 1.29 is 19.4 Å². The van der Waals surface area contributed by atoms with Crippen molar-refractivity contribution >= 4 is 11.8 Å². The highest BCUT2D eigenvalue weighted by Gasteiger charge is 2.16. The number of nitrogens with zero attached hydrogens (tertiary/aromatic N) is 1. The zero-order chi connectivity index (χ0) is 15.3. The van der Waals surface area contributed by atoms with E-state index in [1.165, 1.54) is 13.2 Å². The van der Waals surface area contributed by atoms with Crippen molar-refractivity contribution in [2.45, 2.75) is 33.3 Å². The molecule has 6 heteroatoms. The van der Waals surface area contributed by atoms with Gasteiger partial charge in [0.1, 0.15) is 17.1 Å². The lowest BCUT2D eigenvalue weighted by Gasteiger charge is -2.18. The van der Waals surface area contributed by atoms with Gasteiger partial charge < -0.3 is 14.6 Å². The zero-order valence-electron chi connectivity index (χ0n) is 12.4. The van der Waals surface area contributed by atoms with Gasteiger partial charge in [-0.3, -0.25) is 0 Å². The molecule has 0 spiro atoms. The Hall–Kier alpha value is -2.24. The van der Waals surface area contributed by atoms with Crippen molar-refractivity contribution in [2.24, 2.45) is 5.10 Å². The summed E-state index contributed by atoms with van der Waals surface area (Å²) in [7, 11) is 1.53. The van der Waals surface area contributed by atoms with E-state index in [0.717, 1.165) is 0 Å². The topological polar surface area (TPSA) is 80.2 Å². The highest BCUT2D eigenvalue weighted by atomic mass is 16.6. The Morgan fingerprint density at radius 3 is 2.55 bits per heavy atom. The second-order valence-electron chi connectivity index (χ2n) is 5.19. The number of ether oxygens (including phenoxy) is 2. The molecule has 2 N–H and O–H groups in total. The normalized spacial score (nSPS) is 11.9. The minimum atomic E-state index is -0.653. The monoisotopic (exact) mass is 280 g/mol. The van der Waals surface area contributed by atoms with Gasteiger partial charge in [0.2, 0.25) is 0 Å². The number of phenols is 1. The smallest absolute Gasteiger partial charge is 0.428 e. The van der Waals surface area contributed by atoms with Gasteiger partial charge in [-0.1, -0.05) is 0 Å². The lowest BCUT2D eigenvalue weighted by Crippen LogP contribution is -2.30. The van der Waals surface area contributed by atoms with Crippen LogP contribution in [0.1, 0.15) is 33.3 Å². The molecule has 0 bridgehead atoms. The van der Waals surface area contributed by atoms with Crippen LogP contribution in [-0.2, 0) is 4.74 Å². The number of amides is 1. The summed E-state index contributed by atoms with van der Waals surface area (Å²) < 4.78 is 10.1. The first kappa shape index (κ1) is 15.8. The van der Waals surface area contributed by atoms with Crippen LogP contribution in [-0.4, -0.2) is 29.6 Å². The largest absolute Gasteiger partial charge is 0.507 e. The molecule has 0 aromatic heterocycles. The Bertz CT molecular complexity index is 518. The fraction of sp³-hybridized carbons (Fsp3) is 0.429. The molecule has 1 rings (SSSR count). The van der Waals surface area contributed by atoms with Crippen molar-refractivity contribution in [3.63, 3.8) is 0 Å². The van der Waals surface area contributed by atoms with E-state index in [9.17, 15) is 9.90 Å². The van der Waals surface area contributed by atoms with Crippen LogP contribution < -0.4 is 10.2 Å². The van der Waals surface area contributed by atoms with Crippen LogP contribution in [0, 0.1) is 0 Å². The van der Waals surface area contributed by atoms with E-state index >= 15 is 0 Å². The third-order valence-corrected chi connectivity index (χ3v) is 2.31. The number of hydrazone groups is 1. The van der Waals surface area contributed by atoms with Gasteiger partial charge in [-0.2, -0.15) is 5.10 Å². The van der Waals surface area contributed by atoms with Gasteiger partial charge in [0.05, 0.1) is 12.8 Å². The van der Waals surface area contributed by atoms with Crippen molar-refractivity contribution in [3.05, 3.63) is 23.8 Å². The molecule has 0 saturated heterocycles. The SMILES string of the molecule is COc1ccc(O)c(C(C)=NNC(=O)OC(C)(C)C)c1. The fourth-order valence-corrected chi connectivity index (χ4v) is 1.42. The number of carbonyl (C=O) groups is 1. The van der Waals surface area contributed by atoms with E-state index in [4.69, 9.17) is 9.47 Å². The van der Waals surface area contributed by atoms with Gasteiger partial charge >= 0.3 is 6.09 Å². The number of carbonyl (C=O) groups excluding carboxylic acids is 1. The first-order chi connectivity index (χ1) is 9.23. The highest BCUT2D eigenvalue weighted by Crippen LogP contribution is 2.23. The molecule has 0 aliphatic heterocycles. The summed E-state index contributed by atoms with van der Waals surface area (Å²) in [5.41, 5.74) is 2.60. The molecule has 0 heterocycles. The summed E-state index contributed by atoms with van der Waals surface area (Å²) in [5.74, 6) is 0.641. The van der Waals surface area contributed by atoms with E-state index in [1.807, 2.05) is 0 Å². The maximum atomic E-state index is 11.5. The number of methoxy groups -OCH3 is 1. The lowest BCUT2D eigenvalue weighted by molar-refractivity contribution is 0.0529. The average Bonchev–Trinajstić information content (AvgIpc) is 2.34. The van der Waals surface area contributed by atoms with Gasteiger partial charge in [0.15, 0.2) is 0 Å². The summed E-state index contributed by atoms with van der Waals surface area (Å²) in [6, 6.07) is 4.76. The Kier molecular flexibility index (Phi) is 4.96. The predicted molar refractivity (Wildman–Crippen MR) is 76.2 cm³/mol. The molecule has 110 valence electrons. The van der Waals surface area contributed by atoms with Crippen molar-refractivity contribution in [3.8, 4) is 11.5 Å². The van der Waals surface area contributed by atoms with Crippen LogP contribution in [0.15, 0.2) is 23.3 Å². The minimum absolute atomic E-state index is 0.0537. The van der Waals surface area contributed by atoms with Crippen LogP contribution in [0.5, 0.6) is 11.5 Å². The molecule has 0 atom stereocenters. The van der Waals surface area contributed by atoms with Gasteiger partial charge in [0.25, 0.3) is 0 Å². The number of aromatic hydroxyl groups is 1. The molecule has 1 amide bonds. The molecule has 1 aromatic carbocycles. The molecule has 0 saturated carbocycles. The first-order valence-corrected chi connectivity index (χ1v) is 6.13. The quantitative estimate of drug-likeness (QED) is 0.659. The maximum absolute atomic E-state index is 11.5. The summed E-state index contributed by atoms with van der Waals surface area (Å²) in [6.07, 6.45) is -0.653. The first-order valence-electron chi connectivity index (χ1n) is 6.13. The molecule has 0 fully saturated rings. The van der Waals surface area contributed by atoms with E-state index in [0.29, 0.717) is 17.0 Å². The van der Waals surface area contributed by atoms with E-state index < -0.39 is 11.7 Å². The van der Waals surface area contributed by atoms with E-state index in [1.54, 1.807) is 39.8 Å². The molecular weight excluding hydrogens is 260 g/mol. The molecule has 1 aromatic rings. The molecule has 6 nitrogen and oxygen atoms in total. The predicted octanol–water partition coefficient (Wildman–Crippen LogP) is 2.65. The van der Waals surface area contributed by atoms with Crippen molar-refractivity contribution in [1.29, 1.82) is 0 Å². The molecule has 0 unspecified atom stereocenters. The Balaban J connectivity index is 2.81. The van der Waals surface area contributed by atoms with E-state index in [2.05, 4.69) is 10.5 Å². The molecule has 0 aliphatic rings. The van der Waals surface area contributed by atoms with Gasteiger partial charge in [-0.05, 0) is 45.9 Å². The number of benzene rings is 1. The van der Waals surface area contributed by atoms with Crippen LogP contribution in [0.4, 0.5) is 4.79 Å². The summed E-state index contributed by atoms with van der Waals surface area (Å²) in [5, 5.41) is 13.7. The van der Waals surface area contributed by atoms with Gasteiger partial charge in [0, 0.05) is 5.56 Å². The Morgan fingerprint density at radius 2 is 2.00 bits per heavy atom. The molecule has 20 heavy (non-hydrogen) atoms. The molecule has 0 aliphatic carbocycles. The fourth-order valence-electron chi connectivity index (χ4n) is 1.42. The van der Waals surface area contributed by atoms with Crippen molar-refractivity contribution in [2.75, 3.05) is 7.11 Å². The second kappa shape index (κ2) is 6.27. The highest BCUT2D eigenvalue weighted by molar-refractivity contribution is 6.01. The summed E-state index contributed by atoms with van der Waals surface area (Å²) in [6.45, 7) is 6.94. The summed E-state index contributed by atoms with van der Waals surface area (Å²) >= 11 is 0. The van der Waals surface area contributed by atoms with Gasteiger partial charge in [-0.15, -0.1) is 0 Å². The number of phenolic OH excluding ortho intramolecular Hbond substituents is 1. The minimum Gasteiger partial charge on any atom is -0.507 e. The van der Waals surface area contributed by atoms with Crippen LogP contribution in [0.3, 0.4) is 0 Å². The second-order valence-corrected chi connectivity index (χ2v) is 5.19. The summed E-state index contributed by atoms with van der Waals surface area (Å²) in [4.78, 5) is 11.5. The number of hydrogen-bond acceptors (Lipinski definition) is 5. The van der Waals surface area contributed by atoms with Crippen LogP contribution in [0.2, 0.25) is 0 Å². The van der Waals surface area contributed by atoms with E-state index in [-0.39, 0.29) is 5.75 Å². The van der Waals surface area contributed by atoms with Gasteiger partial charge in [-0.25, -0.2) is 10.2 Å². The maximum Gasteiger partial charge on any atom is 0.428 e. The Morgan fingerprint density at radius 1 is 1.35 bits per heavy atom. The number of rotatable bonds is 3. The standard InChI is InChI=1S/C14H20N2O4/c1-9(15-16-13(18)20-14(2,3)4)11-8-10(19-5)6-7-12(11)17/h6-8,17H,1-5H3,(H,16,18). The molecule has 0 radical (unpaired) electrons. The third-order valence-electron chi connectivity index (χ3n) is 2.31. The average molecular weight is 280 g/mol. The van der Waals surface area contributed by atoms with Crippen LogP contribution in [0.25, 0.3) is 0 Å². The van der Waals surface area contributed by atoms with Crippen LogP contribution >= 0.6 is 0 Å². The number of nitrogens with one attached hydrogen (secondary N) is 1. The third kappa shape index (κ3) is 4.79. The lowest BCUT2D eigenvalue weighted by atomic mass is 10.1.